The number of hydrogen-bond acceptors (Lipinski definition) is 5. The van der Waals surface area contributed by atoms with Gasteiger partial charge in [-0.2, -0.15) is 5.10 Å². The molecule has 0 radical (unpaired) electrons. The molecule has 3 rings (SSSR count). The van der Waals surface area contributed by atoms with Crippen LogP contribution in [0.5, 0.6) is 0 Å². The van der Waals surface area contributed by atoms with Gasteiger partial charge in [0.15, 0.2) is 0 Å². The number of nitrogens with one attached hydrogen (secondary N) is 1. The first kappa shape index (κ1) is 15.5. The maximum atomic E-state index is 12.7. The fourth-order valence-corrected chi connectivity index (χ4v) is 2.73. The fraction of sp³-hybridized carbons (Fsp3) is 0.438. The minimum atomic E-state index is 0.105. The third-order valence-corrected chi connectivity index (χ3v) is 4.11. The Morgan fingerprint density at radius 3 is 2.70 bits per heavy atom. The van der Waals surface area contributed by atoms with Crippen molar-refractivity contribution >= 4 is 11.6 Å². The number of H-pyrrole nitrogens is 1. The first-order valence-electron chi connectivity index (χ1n) is 7.77. The second-order valence-corrected chi connectivity index (χ2v) is 5.95. The molecule has 7 nitrogen and oxygen atoms in total. The van der Waals surface area contributed by atoms with Crippen molar-refractivity contribution in [1.29, 1.82) is 0 Å². The van der Waals surface area contributed by atoms with Crippen LogP contribution < -0.4 is 4.90 Å². The van der Waals surface area contributed by atoms with E-state index in [-0.39, 0.29) is 5.91 Å². The molecule has 1 amide bonds. The summed E-state index contributed by atoms with van der Waals surface area (Å²) in [6.07, 6.45) is 1.52. The van der Waals surface area contributed by atoms with Crippen molar-refractivity contribution in [1.82, 2.24) is 25.0 Å². The molecular formula is C16H22N6O. The van der Waals surface area contributed by atoms with Gasteiger partial charge in [0.05, 0.1) is 6.54 Å². The van der Waals surface area contributed by atoms with Crippen molar-refractivity contribution < 1.29 is 4.79 Å². The van der Waals surface area contributed by atoms with Crippen molar-refractivity contribution in [2.75, 3.05) is 45.2 Å². The Morgan fingerprint density at radius 2 is 2.04 bits per heavy atom. The third kappa shape index (κ3) is 3.68. The van der Waals surface area contributed by atoms with E-state index in [4.69, 9.17) is 0 Å². The van der Waals surface area contributed by atoms with Crippen LogP contribution in [-0.4, -0.2) is 71.2 Å². The Balaban J connectivity index is 1.58. The Morgan fingerprint density at radius 1 is 1.26 bits per heavy atom. The van der Waals surface area contributed by atoms with E-state index in [1.807, 2.05) is 48.2 Å². The molecule has 1 fully saturated rings. The number of carbonyl (C=O) groups excluding carboxylic acids is 1. The predicted octanol–water partition coefficient (Wildman–Crippen LogP) is 0.829. The zero-order chi connectivity index (χ0) is 16.2. The highest BCUT2D eigenvalue weighted by atomic mass is 16.2. The maximum absolute atomic E-state index is 12.7. The van der Waals surface area contributed by atoms with Crippen LogP contribution in [0.4, 0.5) is 5.69 Å². The average molecular weight is 314 g/mol. The number of rotatable bonds is 4. The highest BCUT2D eigenvalue weighted by molar-refractivity contribution is 5.95. The smallest absolute Gasteiger partial charge is 0.254 e. The molecule has 2 aromatic rings. The molecule has 1 saturated heterocycles. The highest BCUT2D eigenvalue weighted by Gasteiger charge is 2.22. The number of aromatic amines is 1. The number of piperazine rings is 1. The van der Waals surface area contributed by atoms with Crippen LogP contribution in [0.1, 0.15) is 16.2 Å². The highest BCUT2D eigenvalue weighted by Crippen LogP contribution is 2.16. The molecule has 2 heterocycles. The predicted molar refractivity (Wildman–Crippen MR) is 88.3 cm³/mol. The van der Waals surface area contributed by atoms with Crippen LogP contribution in [-0.2, 0) is 6.54 Å². The lowest BCUT2D eigenvalue weighted by Gasteiger charge is -2.34. The van der Waals surface area contributed by atoms with E-state index in [9.17, 15) is 4.79 Å². The van der Waals surface area contributed by atoms with Gasteiger partial charge < -0.3 is 9.80 Å². The lowest BCUT2D eigenvalue weighted by atomic mass is 10.1. The fourth-order valence-electron chi connectivity index (χ4n) is 2.73. The van der Waals surface area contributed by atoms with E-state index in [1.165, 1.54) is 6.33 Å². The van der Waals surface area contributed by atoms with Gasteiger partial charge in [-0.05, 0) is 18.2 Å². The summed E-state index contributed by atoms with van der Waals surface area (Å²) in [4.78, 5) is 23.0. The van der Waals surface area contributed by atoms with Gasteiger partial charge in [0.25, 0.3) is 5.91 Å². The van der Waals surface area contributed by atoms with E-state index in [1.54, 1.807) is 0 Å². The van der Waals surface area contributed by atoms with E-state index in [2.05, 4.69) is 20.1 Å². The van der Waals surface area contributed by atoms with Gasteiger partial charge >= 0.3 is 0 Å². The minimum Gasteiger partial charge on any atom is -0.378 e. The molecule has 1 N–H and O–H groups in total. The molecule has 1 aliphatic rings. The first-order valence-corrected chi connectivity index (χ1v) is 7.77. The number of carbonyl (C=O) groups is 1. The van der Waals surface area contributed by atoms with Crippen LogP contribution in [0.15, 0.2) is 30.6 Å². The monoisotopic (exact) mass is 314 g/mol. The molecule has 0 spiro atoms. The topological polar surface area (TPSA) is 68.4 Å². The van der Waals surface area contributed by atoms with Crippen LogP contribution in [0.25, 0.3) is 0 Å². The lowest BCUT2D eigenvalue weighted by Crippen LogP contribution is -2.48. The van der Waals surface area contributed by atoms with Gasteiger partial charge in [0.2, 0.25) is 0 Å². The molecule has 0 aliphatic carbocycles. The summed E-state index contributed by atoms with van der Waals surface area (Å²) in [6, 6.07) is 7.77. The SMILES string of the molecule is CN(C)c1cccc(C(=O)N2CCN(Cc3ncn[nH]3)CC2)c1. The summed E-state index contributed by atoms with van der Waals surface area (Å²) < 4.78 is 0. The maximum Gasteiger partial charge on any atom is 0.254 e. The molecular weight excluding hydrogens is 292 g/mol. The normalized spacial score (nSPS) is 15.7. The number of anilines is 1. The molecule has 0 unspecified atom stereocenters. The van der Waals surface area contributed by atoms with Crippen molar-refractivity contribution in [2.45, 2.75) is 6.54 Å². The summed E-state index contributed by atoms with van der Waals surface area (Å²) in [7, 11) is 3.96. The minimum absolute atomic E-state index is 0.105. The van der Waals surface area contributed by atoms with Crippen molar-refractivity contribution in [3.05, 3.63) is 42.0 Å². The van der Waals surface area contributed by atoms with Gasteiger partial charge in [-0.15, -0.1) is 0 Å². The molecule has 1 aromatic heterocycles. The summed E-state index contributed by atoms with van der Waals surface area (Å²) in [6.45, 7) is 3.91. The van der Waals surface area contributed by atoms with Crippen LogP contribution in [0, 0.1) is 0 Å². The first-order chi connectivity index (χ1) is 11.1. The standard InChI is InChI=1S/C16H22N6O/c1-20(2)14-5-3-4-13(10-14)16(23)22-8-6-21(7-9-22)11-15-17-12-18-19-15/h3-5,10,12H,6-9,11H2,1-2H3,(H,17,18,19). The number of amides is 1. The molecule has 0 atom stereocenters. The van der Waals surface area contributed by atoms with Crippen molar-refractivity contribution in [3.63, 3.8) is 0 Å². The van der Waals surface area contributed by atoms with Gasteiger partial charge in [-0.3, -0.25) is 14.8 Å². The number of nitrogens with zero attached hydrogens (tertiary/aromatic N) is 5. The van der Waals surface area contributed by atoms with Crippen molar-refractivity contribution in [3.8, 4) is 0 Å². The van der Waals surface area contributed by atoms with E-state index >= 15 is 0 Å². The van der Waals surface area contributed by atoms with E-state index in [0.29, 0.717) is 0 Å². The summed E-state index contributed by atoms with van der Waals surface area (Å²) in [5, 5.41) is 6.73. The Kier molecular flexibility index (Phi) is 4.57. The van der Waals surface area contributed by atoms with Gasteiger partial charge in [0, 0.05) is 51.5 Å². The Hall–Kier alpha value is -2.41. The van der Waals surface area contributed by atoms with Crippen LogP contribution in [0.2, 0.25) is 0 Å². The molecule has 122 valence electrons. The summed E-state index contributed by atoms with van der Waals surface area (Å²) >= 11 is 0. The summed E-state index contributed by atoms with van der Waals surface area (Å²) in [5.41, 5.74) is 1.79. The zero-order valence-electron chi connectivity index (χ0n) is 13.6. The molecule has 23 heavy (non-hydrogen) atoms. The zero-order valence-corrected chi connectivity index (χ0v) is 13.6. The molecule has 1 aromatic carbocycles. The van der Waals surface area contributed by atoms with Crippen molar-refractivity contribution in [2.24, 2.45) is 0 Å². The van der Waals surface area contributed by atoms with Gasteiger partial charge in [-0.25, -0.2) is 4.98 Å². The quantitative estimate of drug-likeness (QED) is 0.905. The molecule has 1 aliphatic heterocycles. The summed E-state index contributed by atoms with van der Waals surface area (Å²) in [5.74, 6) is 0.969. The second-order valence-electron chi connectivity index (χ2n) is 5.95. The van der Waals surface area contributed by atoms with Gasteiger partial charge in [-0.1, -0.05) is 6.07 Å². The number of aromatic nitrogens is 3. The average Bonchev–Trinajstić information content (AvgIpc) is 3.08. The van der Waals surface area contributed by atoms with Gasteiger partial charge in [0.1, 0.15) is 12.2 Å². The Labute approximate surface area is 135 Å². The lowest BCUT2D eigenvalue weighted by molar-refractivity contribution is 0.0625. The molecule has 0 saturated carbocycles. The molecule has 7 heteroatoms. The van der Waals surface area contributed by atoms with Crippen LogP contribution >= 0.6 is 0 Å². The van der Waals surface area contributed by atoms with Crippen LogP contribution in [0.3, 0.4) is 0 Å². The van der Waals surface area contributed by atoms with E-state index in [0.717, 1.165) is 49.8 Å². The van der Waals surface area contributed by atoms with E-state index < -0.39 is 0 Å². The number of hydrogen-bond donors (Lipinski definition) is 1. The number of benzene rings is 1. The third-order valence-electron chi connectivity index (χ3n) is 4.11. The molecule has 0 bridgehead atoms. The Bertz CT molecular complexity index is 646. The largest absolute Gasteiger partial charge is 0.378 e. The second kappa shape index (κ2) is 6.78.